The molecule has 3 rings (SSSR count). The minimum atomic E-state index is -4.69. The van der Waals surface area contributed by atoms with Gasteiger partial charge in [-0.25, -0.2) is 4.39 Å². The summed E-state index contributed by atoms with van der Waals surface area (Å²) < 4.78 is 56.5. The van der Waals surface area contributed by atoms with E-state index in [-0.39, 0.29) is 11.5 Å². The van der Waals surface area contributed by atoms with E-state index in [4.69, 9.17) is 0 Å². The maximum absolute atomic E-state index is 14.6. The Morgan fingerprint density at radius 3 is 2.12 bits per heavy atom. The van der Waals surface area contributed by atoms with E-state index in [9.17, 15) is 32.3 Å². The van der Waals surface area contributed by atoms with Gasteiger partial charge < -0.3 is 20.6 Å². The van der Waals surface area contributed by atoms with Crippen LogP contribution in [0.4, 0.5) is 28.9 Å². The first kappa shape index (κ1) is 32.2. The van der Waals surface area contributed by atoms with Crippen LogP contribution in [-0.2, 0) is 9.59 Å². The van der Waals surface area contributed by atoms with Crippen LogP contribution in [0.25, 0.3) is 0 Å². The molecule has 0 unspecified atom stereocenters. The molecule has 0 radical (unpaired) electrons. The smallest absolute Gasteiger partial charge is 0.407 e. The minimum absolute atomic E-state index is 0.0575. The number of hydrogen-bond donors (Lipinski definition) is 4. The number of rotatable bonds is 13. The van der Waals surface area contributed by atoms with Crippen molar-refractivity contribution in [1.82, 2.24) is 10.6 Å². The van der Waals surface area contributed by atoms with Gasteiger partial charge in [0.2, 0.25) is 5.91 Å². The Morgan fingerprint density at radius 1 is 1.00 bits per heavy atom. The second-order valence-electron chi connectivity index (χ2n) is 11.2. The molecule has 0 bridgehead atoms. The maximum atomic E-state index is 14.6. The van der Waals surface area contributed by atoms with Gasteiger partial charge in [0.1, 0.15) is 11.7 Å². The Morgan fingerprint density at radius 2 is 1.61 bits per heavy atom. The lowest BCUT2D eigenvalue weighted by Gasteiger charge is -2.32. The number of carboxylic acids is 1. The van der Waals surface area contributed by atoms with E-state index in [1.807, 2.05) is 31.2 Å². The summed E-state index contributed by atoms with van der Waals surface area (Å²) in [5.74, 6) is -1.76. The van der Waals surface area contributed by atoms with Gasteiger partial charge in [-0.1, -0.05) is 37.3 Å². The number of aliphatic carboxylic acids is 1. The second kappa shape index (κ2) is 14.0. The van der Waals surface area contributed by atoms with Crippen molar-refractivity contribution in [2.75, 3.05) is 29.9 Å². The number of anilines is 2. The van der Waals surface area contributed by atoms with E-state index < -0.39 is 48.3 Å². The summed E-state index contributed by atoms with van der Waals surface area (Å²) >= 11 is 0. The van der Waals surface area contributed by atoms with Crippen LogP contribution >= 0.6 is 0 Å². The number of amides is 1. The molecule has 1 amide bonds. The number of carboxylic acid groups (broad SMARTS) is 1. The summed E-state index contributed by atoms with van der Waals surface area (Å²) in [5, 5.41) is 17.6. The first-order valence-electron chi connectivity index (χ1n) is 14.0. The van der Waals surface area contributed by atoms with Gasteiger partial charge in [-0.3, -0.25) is 14.9 Å². The highest BCUT2D eigenvalue weighted by molar-refractivity contribution is 5.82. The lowest BCUT2D eigenvalue weighted by Crippen LogP contribution is -2.53. The highest BCUT2D eigenvalue weighted by Gasteiger charge is 2.43. The molecule has 226 valence electrons. The molecule has 0 aromatic heterocycles. The number of carbonyl (C=O) groups is 2. The van der Waals surface area contributed by atoms with Crippen molar-refractivity contribution in [3.05, 3.63) is 60.2 Å². The third-order valence-electron chi connectivity index (χ3n) is 7.30. The number of carbonyl (C=O) groups excluding carboxylic acids is 1. The number of hydrogen-bond acceptors (Lipinski definition) is 5. The number of nitrogens with zero attached hydrogens (tertiary/aromatic N) is 1. The van der Waals surface area contributed by atoms with Crippen molar-refractivity contribution in [3.8, 4) is 0 Å². The van der Waals surface area contributed by atoms with Crippen LogP contribution in [-0.4, -0.2) is 60.5 Å². The molecule has 1 heterocycles. The molecule has 1 aliphatic heterocycles. The van der Waals surface area contributed by atoms with Gasteiger partial charge in [0, 0.05) is 43.5 Å². The molecule has 2 aromatic carbocycles. The van der Waals surface area contributed by atoms with Crippen LogP contribution in [0, 0.1) is 5.92 Å². The first-order valence-corrected chi connectivity index (χ1v) is 14.0. The van der Waals surface area contributed by atoms with Crippen LogP contribution in [0.2, 0.25) is 0 Å². The molecular weight excluding hydrogens is 540 g/mol. The van der Waals surface area contributed by atoms with Crippen molar-refractivity contribution in [3.63, 3.8) is 0 Å². The van der Waals surface area contributed by atoms with Gasteiger partial charge in [-0.05, 0) is 62.9 Å². The predicted molar refractivity (Wildman–Crippen MR) is 152 cm³/mol. The SMILES string of the molecule is CC[C@@H](CNc1ccc(N2CCC(C(=O)O)CC2)cc1)NC(=O)[C@H](CC(C)(C)F)N[C@@H](c1ccccc1)C(F)(F)F. The standard InChI is InChI=1S/C30H40F4N4O3/c1-4-22(19-35-23-10-12-24(13-11-23)38-16-14-21(15-17-38)28(40)41)36-27(39)25(18-29(2,3)31)37-26(30(32,33)34)20-8-6-5-7-9-20/h5-13,21-22,25-26,35,37H,4,14-19H2,1-3H3,(H,36,39)(H,40,41)/t22-,25-,26-/m0/s1. The zero-order chi connectivity index (χ0) is 30.2. The highest BCUT2D eigenvalue weighted by Crippen LogP contribution is 2.34. The van der Waals surface area contributed by atoms with E-state index in [0.717, 1.165) is 11.4 Å². The van der Waals surface area contributed by atoms with Gasteiger partial charge in [0.25, 0.3) is 0 Å². The zero-order valence-electron chi connectivity index (χ0n) is 23.7. The highest BCUT2D eigenvalue weighted by atomic mass is 19.4. The molecule has 4 N–H and O–H groups in total. The molecule has 1 fully saturated rings. The molecular formula is C30H40F4N4O3. The Kier molecular flexibility index (Phi) is 11.0. The Bertz CT molecular complexity index is 1120. The number of alkyl halides is 4. The number of piperidine rings is 1. The van der Waals surface area contributed by atoms with E-state index in [0.29, 0.717) is 38.9 Å². The number of benzene rings is 2. The third-order valence-corrected chi connectivity index (χ3v) is 7.30. The van der Waals surface area contributed by atoms with Crippen LogP contribution in [0.3, 0.4) is 0 Å². The van der Waals surface area contributed by atoms with E-state index in [1.165, 1.54) is 38.1 Å². The first-order chi connectivity index (χ1) is 19.3. The molecule has 2 aromatic rings. The Labute approximate surface area is 238 Å². The van der Waals surface area contributed by atoms with E-state index >= 15 is 0 Å². The van der Waals surface area contributed by atoms with Crippen molar-refractivity contribution in [2.24, 2.45) is 5.92 Å². The van der Waals surface area contributed by atoms with Crippen LogP contribution in [0.15, 0.2) is 54.6 Å². The summed E-state index contributed by atoms with van der Waals surface area (Å²) in [4.78, 5) is 26.5. The van der Waals surface area contributed by atoms with Crippen molar-refractivity contribution in [1.29, 1.82) is 0 Å². The molecule has 0 saturated carbocycles. The Hall–Kier alpha value is -3.34. The lowest BCUT2D eigenvalue weighted by atomic mass is 9.97. The predicted octanol–water partition coefficient (Wildman–Crippen LogP) is 5.69. The fourth-order valence-electron chi connectivity index (χ4n) is 4.95. The lowest BCUT2D eigenvalue weighted by molar-refractivity contribution is -0.161. The quantitative estimate of drug-likeness (QED) is 0.228. The fourth-order valence-corrected chi connectivity index (χ4v) is 4.95. The summed E-state index contributed by atoms with van der Waals surface area (Å²) in [5.41, 5.74) is -0.160. The average molecular weight is 581 g/mol. The van der Waals surface area contributed by atoms with Crippen molar-refractivity contribution < 1.29 is 32.3 Å². The van der Waals surface area contributed by atoms with E-state index in [1.54, 1.807) is 6.07 Å². The summed E-state index contributed by atoms with van der Waals surface area (Å²) in [7, 11) is 0. The van der Waals surface area contributed by atoms with E-state index in [2.05, 4.69) is 20.9 Å². The average Bonchev–Trinajstić information content (AvgIpc) is 2.92. The van der Waals surface area contributed by atoms with Crippen molar-refractivity contribution in [2.45, 2.75) is 76.4 Å². The number of halogens is 4. The fraction of sp³-hybridized carbons (Fsp3) is 0.533. The molecule has 0 spiro atoms. The Balaban J connectivity index is 1.62. The van der Waals surface area contributed by atoms with Gasteiger partial charge in [-0.2, -0.15) is 13.2 Å². The molecule has 0 aliphatic carbocycles. The monoisotopic (exact) mass is 580 g/mol. The van der Waals surface area contributed by atoms with Crippen LogP contribution < -0.4 is 20.9 Å². The maximum Gasteiger partial charge on any atom is 0.407 e. The minimum Gasteiger partial charge on any atom is -0.481 e. The zero-order valence-corrected chi connectivity index (χ0v) is 23.7. The third kappa shape index (κ3) is 9.91. The van der Waals surface area contributed by atoms with Gasteiger partial charge in [0.05, 0.1) is 12.0 Å². The molecule has 3 atom stereocenters. The molecule has 41 heavy (non-hydrogen) atoms. The topological polar surface area (TPSA) is 93.7 Å². The second-order valence-corrected chi connectivity index (χ2v) is 11.2. The molecule has 11 heteroatoms. The summed E-state index contributed by atoms with van der Waals surface area (Å²) in [6, 6.07) is 10.9. The molecule has 7 nitrogen and oxygen atoms in total. The van der Waals surface area contributed by atoms with Crippen LogP contribution in [0.1, 0.15) is 58.1 Å². The van der Waals surface area contributed by atoms with Gasteiger partial charge in [-0.15, -0.1) is 0 Å². The normalized spacial score (nSPS) is 17.0. The number of nitrogens with one attached hydrogen (secondary N) is 3. The van der Waals surface area contributed by atoms with Crippen LogP contribution in [0.5, 0.6) is 0 Å². The largest absolute Gasteiger partial charge is 0.481 e. The summed E-state index contributed by atoms with van der Waals surface area (Å²) in [6.07, 6.45) is -3.43. The van der Waals surface area contributed by atoms with Gasteiger partial charge in [0.15, 0.2) is 0 Å². The molecule has 1 saturated heterocycles. The molecule has 1 aliphatic rings. The van der Waals surface area contributed by atoms with Crippen molar-refractivity contribution >= 4 is 23.3 Å². The van der Waals surface area contributed by atoms with Gasteiger partial charge >= 0.3 is 12.1 Å². The summed E-state index contributed by atoms with van der Waals surface area (Å²) in [6.45, 7) is 5.96.